The molecular formula is C18H35N3. The Hall–Kier alpha value is -0.730. The fraction of sp³-hybridized carbons (Fsp3) is 0.944. The van der Waals surface area contributed by atoms with Gasteiger partial charge >= 0.3 is 0 Å². The van der Waals surface area contributed by atoms with E-state index in [2.05, 4.69) is 32.6 Å². The molecule has 2 aliphatic rings. The molecule has 3 nitrogen and oxygen atoms in total. The number of nitrogens with zero attached hydrogens (tertiary/aromatic N) is 2. The van der Waals surface area contributed by atoms with Gasteiger partial charge in [0.1, 0.15) is 0 Å². The van der Waals surface area contributed by atoms with Crippen molar-refractivity contribution in [1.82, 2.24) is 4.90 Å². The van der Waals surface area contributed by atoms with E-state index in [1.54, 1.807) is 0 Å². The highest BCUT2D eigenvalue weighted by Crippen LogP contribution is 2.38. The van der Waals surface area contributed by atoms with E-state index in [0.29, 0.717) is 0 Å². The van der Waals surface area contributed by atoms with Crippen LogP contribution < -0.4 is 5.73 Å². The zero-order valence-electron chi connectivity index (χ0n) is 14.5. The van der Waals surface area contributed by atoms with E-state index in [1.807, 2.05) is 0 Å². The first kappa shape index (κ1) is 16.6. The first-order valence-corrected chi connectivity index (χ1v) is 9.02. The van der Waals surface area contributed by atoms with Crippen LogP contribution in [0.15, 0.2) is 4.99 Å². The van der Waals surface area contributed by atoms with E-state index in [0.717, 1.165) is 55.2 Å². The first-order valence-electron chi connectivity index (χ1n) is 9.02. The number of rotatable bonds is 3. The summed E-state index contributed by atoms with van der Waals surface area (Å²) >= 11 is 0. The third-order valence-electron chi connectivity index (χ3n) is 5.76. The van der Waals surface area contributed by atoms with Gasteiger partial charge in [-0.25, -0.2) is 0 Å². The highest BCUT2D eigenvalue weighted by molar-refractivity contribution is 5.78. The molecule has 0 aromatic carbocycles. The molecule has 3 heteroatoms. The lowest BCUT2D eigenvalue weighted by Crippen LogP contribution is -2.43. The van der Waals surface area contributed by atoms with Gasteiger partial charge in [0, 0.05) is 19.6 Å². The Morgan fingerprint density at radius 3 is 2.38 bits per heavy atom. The maximum Gasteiger partial charge on any atom is 0.191 e. The Morgan fingerprint density at radius 2 is 1.76 bits per heavy atom. The van der Waals surface area contributed by atoms with Crippen LogP contribution in [0.4, 0.5) is 0 Å². The minimum atomic E-state index is 0.732. The summed E-state index contributed by atoms with van der Waals surface area (Å²) in [7, 11) is 0. The third-order valence-corrected chi connectivity index (χ3v) is 5.76. The Labute approximate surface area is 131 Å². The van der Waals surface area contributed by atoms with Gasteiger partial charge in [-0.1, -0.05) is 34.1 Å². The van der Waals surface area contributed by atoms with Crippen LogP contribution >= 0.6 is 0 Å². The van der Waals surface area contributed by atoms with E-state index < -0.39 is 0 Å². The van der Waals surface area contributed by atoms with Gasteiger partial charge in [-0.2, -0.15) is 0 Å². The van der Waals surface area contributed by atoms with Crippen LogP contribution in [0.2, 0.25) is 0 Å². The largest absolute Gasteiger partial charge is 0.370 e. The number of hydrogen-bond acceptors (Lipinski definition) is 1. The Bertz CT molecular complexity index is 342. The number of nitrogens with two attached hydrogens (primary N) is 1. The molecule has 21 heavy (non-hydrogen) atoms. The minimum Gasteiger partial charge on any atom is -0.370 e. The summed E-state index contributed by atoms with van der Waals surface area (Å²) in [6.07, 6.45) is 6.61. The second-order valence-electron chi connectivity index (χ2n) is 7.95. The van der Waals surface area contributed by atoms with Gasteiger partial charge in [-0.3, -0.25) is 4.99 Å². The maximum atomic E-state index is 6.24. The van der Waals surface area contributed by atoms with E-state index in [-0.39, 0.29) is 0 Å². The average molecular weight is 293 g/mol. The molecule has 0 spiro atoms. The zero-order valence-corrected chi connectivity index (χ0v) is 14.5. The van der Waals surface area contributed by atoms with E-state index in [1.165, 1.54) is 32.1 Å². The number of piperidine rings is 1. The van der Waals surface area contributed by atoms with Crippen LogP contribution in [-0.2, 0) is 0 Å². The standard InChI is InChI=1S/C18H35N3/c1-13(2)17-6-5-15(4)11-16(17)12-20-18(19)21-9-7-14(3)8-10-21/h13-17H,5-12H2,1-4H3,(H2,19,20). The van der Waals surface area contributed by atoms with Crippen molar-refractivity contribution < 1.29 is 0 Å². The van der Waals surface area contributed by atoms with Crippen molar-refractivity contribution in [2.45, 2.75) is 59.8 Å². The number of hydrogen-bond donors (Lipinski definition) is 1. The molecule has 0 aromatic rings. The molecule has 2 N–H and O–H groups in total. The van der Waals surface area contributed by atoms with Gasteiger partial charge in [0.2, 0.25) is 0 Å². The van der Waals surface area contributed by atoms with Crippen LogP contribution in [0.5, 0.6) is 0 Å². The fourth-order valence-corrected chi connectivity index (χ4v) is 4.16. The van der Waals surface area contributed by atoms with Gasteiger partial charge in [-0.05, 0) is 55.3 Å². The molecule has 122 valence electrons. The second kappa shape index (κ2) is 7.51. The predicted molar refractivity (Wildman–Crippen MR) is 91.3 cm³/mol. The van der Waals surface area contributed by atoms with Crippen molar-refractivity contribution in [2.24, 2.45) is 40.3 Å². The minimum absolute atomic E-state index is 0.732. The zero-order chi connectivity index (χ0) is 15.4. The molecular weight excluding hydrogens is 258 g/mol. The summed E-state index contributed by atoms with van der Waals surface area (Å²) in [5.41, 5.74) is 6.24. The highest BCUT2D eigenvalue weighted by Gasteiger charge is 2.30. The molecule has 0 radical (unpaired) electrons. The molecule has 0 bridgehead atoms. The summed E-state index contributed by atoms with van der Waals surface area (Å²) in [5.74, 6) is 4.84. The molecule has 0 aromatic heterocycles. The van der Waals surface area contributed by atoms with Crippen LogP contribution in [0.25, 0.3) is 0 Å². The summed E-state index contributed by atoms with van der Waals surface area (Å²) in [6, 6.07) is 0. The lowest BCUT2D eigenvalue weighted by Gasteiger charge is -2.37. The Balaban J connectivity index is 1.90. The third kappa shape index (κ3) is 4.62. The average Bonchev–Trinajstić information content (AvgIpc) is 2.45. The summed E-state index contributed by atoms with van der Waals surface area (Å²) in [4.78, 5) is 7.07. The Kier molecular flexibility index (Phi) is 5.95. The molecule has 3 atom stereocenters. The van der Waals surface area contributed by atoms with Crippen molar-refractivity contribution in [1.29, 1.82) is 0 Å². The lowest BCUT2D eigenvalue weighted by atomic mass is 9.70. The quantitative estimate of drug-likeness (QED) is 0.636. The summed E-state index contributed by atoms with van der Waals surface area (Å²) < 4.78 is 0. The molecule has 2 fully saturated rings. The van der Waals surface area contributed by atoms with Crippen molar-refractivity contribution in [3.05, 3.63) is 0 Å². The highest BCUT2D eigenvalue weighted by atomic mass is 15.3. The van der Waals surface area contributed by atoms with E-state index >= 15 is 0 Å². The molecule has 2 rings (SSSR count). The van der Waals surface area contributed by atoms with Crippen LogP contribution in [0, 0.1) is 29.6 Å². The van der Waals surface area contributed by atoms with Crippen molar-refractivity contribution in [2.75, 3.05) is 19.6 Å². The van der Waals surface area contributed by atoms with Gasteiger partial charge < -0.3 is 10.6 Å². The van der Waals surface area contributed by atoms with Crippen molar-refractivity contribution >= 4 is 5.96 Å². The lowest BCUT2D eigenvalue weighted by molar-refractivity contribution is 0.150. The van der Waals surface area contributed by atoms with Gasteiger partial charge in [0.25, 0.3) is 0 Å². The first-order chi connectivity index (χ1) is 9.97. The van der Waals surface area contributed by atoms with Gasteiger partial charge in [0.05, 0.1) is 0 Å². The number of aliphatic imine (C=N–C) groups is 1. The van der Waals surface area contributed by atoms with Gasteiger partial charge in [0.15, 0.2) is 5.96 Å². The normalized spacial score (nSPS) is 32.7. The molecule has 1 aliphatic heterocycles. The molecule has 1 saturated heterocycles. The molecule has 1 heterocycles. The molecule has 0 amide bonds. The van der Waals surface area contributed by atoms with E-state index in [9.17, 15) is 0 Å². The summed E-state index contributed by atoms with van der Waals surface area (Å²) in [6.45, 7) is 12.6. The number of guanidine groups is 1. The van der Waals surface area contributed by atoms with Crippen LogP contribution in [-0.4, -0.2) is 30.5 Å². The SMILES string of the molecule is CC1CCN(C(N)=NCC2CC(C)CCC2C(C)C)CC1. The topological polar surface area (TPSA) is 41.6 Å². The van der Waals surface area contributed by atoms with E-state index in [4.69, 9.17) is 10.7 Å². The molecule has 3 unspecified atom stereocenters. The molecule has 1 saturated carbocycles. The Morgan fingerprint density at radius 1 is 1.10 bits per heavy atom. The fourth-order valence-electron chi connectivity index (χ4n) is 4.16. The van der Waals surface area contributed by atoms with Crippen LogP contribution in [0.3, 0.4) is 0 Å². The van der Waals surface area contributed by atoms with Crippen molar-refractivity contribution in [3.63, 3.8) is 0 Å². The smallest absolute Gasteiger partial charge is 0.191 e. The number of likely N-dealkylation sites (tertiary alicyclic amines) is 1. The second-order valence-corrected chi connectivity index (χ2v) is 7.95. The summed E-state index contributed by atoms with van der Waals surface area (Å²) in [5, 5.41) is 0. The van der Waals surface area contributed by atoms with Crippen LogP contribution in [0.1, 0.15) is 59.8 Å². The monoisotopic (exact) mass is 293 g/mol. The molecule has 1 aliphatic carbocycles. The van der Waals surface area contributed by atoms with Crippen molar-refractivity contribution in [3.8, 4) is 0 Å². The maximum absolute atomic E-state index is 6.24. The predicted octanol–water partition coefficient (Wildman–Crippen LogP) is 3.74. The van der Waals surface area contributed by atoms with Gasteiger partial charge in [-0.15, -0.1) is 0 Å².